The van der Waals surface area contributed by atoms with Crippen molar-refractivity contribution >= 4 is 0 Å². The summed E-state index contributed by atoms with van der Waals surface area (Å²) in [6.07, 6.45) is 3.70. The second kappa shape index (κ2) is 6.31. The van der Waals surface area contributed by atoms with E-state index in [1.807, 2.05) is 12.4 Å². The van der Waals surface area contributed by atoms with Crippen molar-refractivity contribution in [1.82, 2.24) is 10.3 Å². The molecular weight excluding hydrogens is 220 g/mol. The number of nitrogens with zero attached hydrogens (tertiary/aromatic N) is 1. The first-order valence-electron chi connectivity index (χ1n) is 6.45. The molecule has 0 fully saturated rings. The highest BCUT2D eigenvalue weighted by Gasteiger charge is 2.13. The SMILES string of the molecule is CC(C)CNC(c1ccccc1)c1ccncc1. The van der Waals surface area contributed by atoms with E-state index >= 15 is 0 Å². The maximum atomic E-state index is 4.09. The van der Waals surface area contributed by atoms with E-state index in [9.17, 15) is 0 Å². The highest BCUT2D eigenvalue weighted by atomic mass is 14.9. The molecule has 2 heteroatoms. The average molecular weight is 240 g/mol. The van der Waals surface area contributed by atoms with Crippen molar-refractivity contribution in [3.8, 4) is 0 Å². The van der Waals surface area contributed by atoms with Crippen molar-refractivity contribution in [3.63, 3.8) is 0 Å². The molecule has 0 radical (unpaired) electrons. The minimum atomic E-state index is 0.247. The molecule has 0 bridgehead atoms. The van der Waals surface area contributed by atoms with Gasteiger partial charge in [0.25, 0.3) is 0 Å². The van der Waals surface area contributed by atoms with Crippen molar-refractivity contribution in [2.24, 2.45) is 5.92 Å². The van der Waals surface area contributed by atoms with E-state index in [0.717, 1.165) is 6.54 Å². The summed E-state index contributed by atoms with van der Waals surface area (Å²) in [7, 11) is 0. The van der Waals surface area contributed by atoms with Crippen LogP contribution in [-0.4, -0.2) is 11.5 Å². The van der Waals surface area contributed by atoms with Crippen LogP contribution in [0.1, 0.15) is 31.0 Å². The predicted octanol–water partition coefficient (Wildman–Crippen LogP) is 3.42. The van der Waals surface area contributed by atoms with Gasteiger partial charge in [0.05, 0.1) is 6.04 Å². The van der Waals surface area contributed by atoms with Crippen LogP contribution in [0.2, 0.25) is 0 Å². The number of nitrogens with one attached hydrogen (secondary N) is 1. The summed E-state index contributed by atoms with van der Waals surface area (Å²) in [5, 5.41) is 3.62. The van der Waals surface area contributed by atoms with Gasteiger partial charge in [-0.2, -0.15) is 0 Å². The van der Waals surface area contributed by atoms with Gasteiger partial charge >= 0.3 is 0 Å². The minimum absolute atomic E-state index is 0.247. The average Bonchev–Trinajstić information content (AvgIpc) is 2.41. The lowest BCUT2D eigenvalue weighted by molar-refractivity contribution is 0.513. The Balaban J connectivity index is 2.24. The van der Waals surface area contributed by atoms with Gasteiger partial charge in [0, 0.05) is 12.4 Å². The largest absolute Gasteiger partial charge is 0.306 e. The number of benzene rings is 1. The third kappa shape index (κ3) is 3.41. The topological polar surface area (TPSA) is 24.9 Å². The number of hydrogen-bond donors (Lipinski definition) is 1. The van der Waals surface area contributed by atoms with Crippen LogP contribution in [0.4, 0.5) is 0 Å². The summed E-state index contributed by atoms with van der Waals surface area (Å²) in [4.78, 5) is 4.09. The molecule has 2 rings (SSSR count). The molecule has 18 heavy (non-hydrogen) atoms. The van der Waals surface area contributed by atoms with Gasteiger partial charge in [0.1, 0.15) is 0 Å². The molecule has 0 amide bonds. The van der Waals surface area contributed by atoms with Crippen LogP contribution in [0, 0.1) is 5.92 Å². The first kappa shape index (κ1) is 12.8. The normalized spacial score (nSPS) is 12.6. The molecule has 0 aliphatic rings. The molecule has 2 aromatic rings. The Hall–Kier alpha value is -1.67. The molecule has 1 aromatic carbocycles. The monoisotopic (exact) mass is 240 g/mol. The number of pyridine rings is 1. The summed E-state index contributed by atoms with van der Waals surface area (Å²) in [5.41, 5.74) is 2.56. The molecule has 0 saturated heterocycles. The van der Waals surface area contributed by atoms with E-state index in [4.69, 9.17) is 0 Å². The fraction of sp³-hybridized carbons (Fsp3) is 0.312. The van der Waals surface area contributed by atoms with Crippen molar-refractivity contribution in [3.05, 3.63) is 66.0 Å². The molecule has 1 atom stereocenters. The third-order valence-electron chi connectivity index (χ3n) is 2.90. The zero-order valence-corrected chi connectivity index (χ0v) is 11.0. The van der Waals surface area contributed by atoms with Crippen molar-refractivity contribution in [2.75, 3.05) is 6.54 Å². The molecule has 1 unspecified atom stereocenters. The van der Waals surface area contributed by atoms with Gasteiger partial charge in [-0.25, -0.2) is 0 Å². The molecule has 1 aromatic heterocycles. The fourth-order valence-corrected chi connectivity index (χ4v) is 1.98. The molecule has 0 saturated carbocycles. The standard InChI is InChI=1S/C16H20N2/c1-13(2)12-18-16(14-6-4-3-5-7-14)15-8-10-17-11-9-15/h3-11,13,16,18H,12H2,1-2H3. The summed E-state index contributed by atoms with van der Waals surface area (Å²) >= 11 is 0. The number of rotatable bonds is 5. The van der Waals surface area contributed by atoms with E-state index in [2.05, 4.69) is 66.6 Å². The lowest BCUT2D eigenvalue weighted by Crippen LogP contribution is -2.26. The zero-order valence-electron chi connectivity index (χ0n) is 11.0. The predicted molar refractivity (Wildman–Crippen MR) is 75.4 cm³/mol. The summed E-state index contributed by atoms with van der Waals surface area (Å²) in [5.74, 6) is 0.637. The molecule has 94 valence electrons. The maximum Gasteiger partial charge on any atom is 0.0577 e. The maximum absolute atomic E-state index is 4.09. The second-order valence-corrected chi connectivity index (χ2v) is 4.93. The Morgan fingerprint density at radius 2 is 1.56 bits per heavy atom. The van der Waals surface area contributed by atoms with Crippen LogP contribution in [-0.2, 0) is 0 Å². The van der Waals surface area contributed by atoms with Gasteiger partial charge in [0.15, 0.2) is 0 Å². The zero-order chi connectivity index (χ0) is 12.8. The first-order chi connectivity index (χ1) is 8.77. The van der Waals surface area contributed by atoms with Gasteiger partial charge in [0.2, 0.25) is 0 Å². The van der Waals surface area contributed by atoms with Crippen LogP contribution < -0.4 is 5.32 Å². The highest BCUT2D eigenvalue weighted by Crippen LogP contribution is 2.21. The minimum Gasteiger partial charge on any atom is -0.306 e. The second-order valence-electron chi connectivity index (χ2n) is 4.93. The summed E-state index contributed by atoms with van der Waals surface area (Å²) in [6, 6.07) is 14.9. The van der Waals surface area contributed by atoms with Crippen LogP contribution in [0.3, 0.4) is 0 Å². The van der Waals surface area contributed by atoms with Crippen LogP contribution >= 0.6 is 0 Å². The number of aromatic nitrogens is 1. The van der Waals surface area contributed by atoms with Crippen molar-refractivity contribution in [2.45, 2.75) is 19.9 Å². The third-order valence-corrected chi connectivity index (χ3v) is 2.90. The van der Waals surface area contributed by atoms with Gasteiger partial charge in [-0.3, -0.25) is 4.98 Å². The highest BCUT2D eigenvalue weighted by molar-refractivity contribution is 5.30. The quantitative estimate of drug-likeness (QED) is 0.866. The molecule has 1 N–H and O–H groups in total. The molecule has 0 spiro atoms. The number of hydrogen-bond acceptors (Lipinski definition) is 2. The molecule has 1 heterocycles. The Morgan fingerprint density at radius 1 is 0.944 bits per heavy atom. The van der Waals surface area contributed by atoms with Crippen LogP contribution in [0.15, 0.2) is 54.9 Å². The van der Waals surface area contributed by atoms with Crippen LogP contribution in [0.5, 0.6) is 0 Å². The van der Waals surface area contributed by atoms with E-state index in [1.165, 1.54) is 11.1 Å². The Labute approximate surface area is 109 Å². The van der Waals surface area contributed by atoms with E-state index in [-0.39, 0.29) is 6.04 Å². The van der Waals surface area contributed by atoms with E-state index in [1.54, 1.807) is 0 Å². The van der Waals surface area contributed by atoms with E-state index in [0.29, 0.717) is 5.92 Å². The van der Waals surface area contributed by atoms with Crippen molar-refractivity contribution < 1.29 is 0 Å². The molecular formula is C16H20N2. The fourth-order valence-electron chi connectivity index (χ4n) is 1.98. The Morgan fingerprint density at radius 3 is 2.17 bits per heavy atom. The first-order valence-corrected chi connectivity index (χ1v) is 6.45. The molecule has 0 aliphatic heterocycles. The van der Waals surface area contributed by atoms with Gasteiger partial charge < -0.3 is 5.32 Å². The van der Waals surface area contributed by atoms with E-state index < -0.39 is 0 Å². The van der Waals surface area contributed by atoms with Gasteiger partial charge in [-0.15, -0.1) is 0 Å². The Kier molecular flexibility index (Phi) is 4.48. The Bertz CT molecular complexity index is 412. The lowest BCUT2D eigenvalue weighted by Gasteiger charge is -2.21. The summed E-state index contributed by atoms with van der Waals surface area (Å²) < 4.78 is 0. The van der Waals surface area contributed by atoms with Gasteiger partial charge in [-0.1, -0.05) is 44.2 Å². The van der Waals surface area contributed by atoms with Crippen LogP contribution in [0.25, 0.3) is 0 Å². The molecule has 2 nitrogen and oxygen atoms in total. The molecule has 0 aliphatic carbocycles. The summed E-state index contributed by atoms with van der Waals surface area (Å²) in [6.45, 7) is 5.45. The van der Waals surface area contributed by atoms with Gasteiger partial charge in [-0.05, 0) is 35.7 Å². The lowest BCUT2D eigenvalue weighted by atomic mass is 9.99. The van der Waals surface area contributed by atoms with Crippen molar-refractivity contribution in [1.29, 1.82) is 0 Å². The smallest absolute Gasteiger partial charge is 0.0577 e.